The van der Waals surface area contributed by atoms with Crippen LogP contribution in [-0.4, -0.2) is 25.5 Å². The second-order valence-electron chi connectivity index (χ2n) is 6.95. The van der Waals surface area contributed by atoms with Crippen molar-refractivity contribution in [3.8, 4) is 0 Å². The van der Waals surface area contributed by atoms with Crippen LogP contribution in [0.2, 0.25) is 0 Å². The van der Waals surface area contributed by atoms with Crippen LogP contribution in [0.4, 0.5) is 17.1 Å². The smallest absolute Gasteiger partial charge is 0.261 e. The van der Waals surface area contributed by atoms with Crippen LogP contribution >= 0.6 is 11.8 Å². The third-order valence-electron chi connectivity index (χ3n) is 4.31. The molecule has 1 atom stereocenters. The van der Waals surface area contributed by atoms with Gasteiger partial charge in [0.2, 0.25) is 11.8 Å². The van der Waals surface area contributed by atoms with Gasteiger partial charge in [0.1, 0.15) is 0 Å². The van der Waals surface area contributed by atoms with E-state index >= 15 is 0 Å². The van der Waals surface area contributed by atoms with E-state index in [-0.39, 0.29) is 22.0 Å². The van der Waals surface area contributed by atoms with Gasteiger partial charge in [0.15, 0.2) is 0 Å². The molecule has 3 aromatic rings. The molecule has 0 aliphatic rings. The Hall–Kier alpha value is -3.30. The summed E-state index contributed by atoms with van der Waals surface area (Å²) in [5.41, 5.74) is 1.72. The third kappa shape index (κ3) is 6.60. The summed E-state index contributed by atoms with van der Waals surface area (Å²) < 4.78 is 27.4. The number of anilines is 3. The van der Waals surface area contributed by atoms with Gasteiger partial charge in [0, 0.05) is 28.9 Å². The molecular weight excluding hydrogens is 446 g/mol. The van der Waals surface area contributed by atoms with Gasteiger partial charge < -0.3 is 10.6 Å². The summed E-state index contributed by atoms with van der Waals surface area (Å²) in [7, 11) is -3.65. The Bertz CT molecular complexity index is 1180. The van der Waals surface area contributed by atoms with Gasteiger partial charge in [0.25, 0.3) is 10.0 Å². The number of benzene rings is 3. The Morgan fingerprint density at radius 2 is 1.31 bits per heavy atom. The highest BCUT2D eigenvalue weighted by Crippen LogP contribution is 2.26. The van der Waals surface area contributed by atoms with E-state index < -0.39 is 10.0 Å². The number of sulfonamides is 1. The summed E-state index contributed by atoms with van der Waals surface area (Å²) in [6.45, 7) is 3.22. The van der Waals surface area contributed by atoms with Crippen molar-refractivity contribution in [1.29, 1.82) is 0 Å². The number of thioether (sulfide) groups is 1. The molecule has 3 rings (SSSR count). The van der Waals surface area contributed by atoms with E-state index in [1.54, 1.807) is 73.7 Å². The SMILES string of the molecule is CC(=O)Nc1ccc(NC(=O)C(C)Sc2ccc(NS(=O)(=O)c3ccccc3)cc2)cc1. The van der Waals surface area contributed by atoms with Crippen molar-refractivity contribution in [3.05, 3.63) is 78.9 Å². The molecule has 0 saturated carbocycles. The Labute approximate surface area is 191 Å². The van der Waals surface area contributed by atoms with Crippen LogP contribution in [0, 0.1) is 0 Å². The first-order valence-electron chi connectivity index (χ1n) is 9.76. The van der Waals surface area contributed by atoms with E-state index in [0.717, 1.165) is 4.90 Å². The van der Waals surface area contributed by atoms with Crippen molar-refractivity contribution in [2.45, 2.75) is 28.9 Å². The monoisotopic (exact) mass is 469 g/mol. The molecule has 166 valence electrons. The van der Waals surface area contributed by atoms with Crippen LogP contribution in [0.15, 0.2) is 88.7 Å². The molecule has 0 bridgehead atoms. The van der Waals surface area contributed by atoms with Crippen LogP contribution in [0.3, 0.4) is 0 Å². The normalized spacial score (nSPS) is 11.9. The first-order chi connectivity index (χ1) is 15.2. The van der Waals surface area contributed by atoms with Crippen LogP contribution in [0.5, 0.6) is 0 Å². The minimum atomic E-state index is -3.65. The Kier molecular flexibility index (Phi) is 7.55. The van der Waals surface area contributed by atoms with Crippen LogP contribution in [0.1, 0.15) is 13.8 Å². The Balaban J connectivity index is 1.56. The first kappa shape index (κ1) is 23.4. The molecule has 9 heteroatoms. The Morgan fingerprint density at radius 3 is 1.88 bits per heavy atom. The molecular formula is C23H23N3O4S2. The van der Waals surface area contributed by atoms with Gasteiger partial charge in [-0.2, -0.15) is 0 Å². The fraction of sp³-hybridized carbons (Fsp3) is 0.130. The van der Waals surface area contributed by atoms with Crippen molar-refractivity contribution in [2.75, 3.05) is 15.4 Å². The van der Waals surface area contributed by atoms with Crippen molar-refractivity contribution in [2.24, 2.45) is 0 Å². The highest BCUT2D eigenvalue weighted by atomic mass is 32.2. The fourth-order valence-electron chi connectivity index (χ4n) is 2.76. The maximum Gasteiger partial charge on any atom is 0.261 e. The van der Waals surface area contributed by atoms with Crippen molar-refractivity contribution in [1.82, 2.24) is 0 Å². The third-order valence-corrected chi connectivity index (χ3v) is 6.82. The average Bonchev–Trinajstić information content (AvgIpc) is 2.76. The molecule has 0 fully saturated rings. The van der Waals surface area contributed by atoms with Crippen molar-refractivity contribution in [3.63, 3.8) is 0 Å². The number of nitrogens with one attached hydrogen (secondary N) is 3. The van der Waals surface area contributed by atoms with Crippen LogP contribution in [0.25, 0.3) is 0 Å². The predicted octanol–water partition coefficient (Wildman–Crippen LogP) is 4.57. The average molecular weight is 470 g/mol. The molecule has 0 aliphatic carbocycles. The van der Waals surface area contributed by atoms with Gasteiger partial charge in [-0.25, -0.2) is 8.42 Å². The summed E-state index contributed by atoms with van der Waals surface area (Å²) in [6.07, 6.45) is 0. The van der Waals surface area contributed by atoms with E-state index in [9.17, 15) is 18.0 Å². The number of rotatable bonds is 8. The van der Waals surface area contributed by atoms with E-state index in [1.165, 1.54) is 30.8 Å². The highest BCUT2D eigenvalue weighted by molar-refractivity contribution is 8.00. The molecule has 2 amide bonds. The van der Waals surface area contributed by atoms with Gasteiger partial charge in [-0.05, 0) is 67.6 Å². The summed E-state index contributed by atoms with van der Waals surface area (Å²) >= 11 is 1.36. The number of carbonyl (C=O) groups is 2. The zero-order valence-corrected chi connectivity index (χ0v) is 19.2. The summed E-state index contributed by atoms with van der Waals surface area (Å²) in [5.74, 6) is -0.332. The molecule has 32 heavy (non-hydrogen) atoms. The van der Waals surface area contributed by atoms with Crippen molar-refractivity contribution < 1.29 is 18.0 Å². The molecule has 0 aromatic heterocycles. The summed E-state index contributed by atoms with van der Waals surface area (Å²) in [4.78, 5) is 24.6. The van der Waals surface area contributed by atoms with Gasteiger partial charge in [-0.3, -0.25) is 14.3 Å². The molecule has 7 nitrogen and oxygen atoms in total. The number of amides is 2. The molecule has 0 heterocycles. The predicted molar refractivity (Wildman–Crippen MR) is 128 cm³/mol. The first-order valence-corrected chi connectivity index (χ1v) is 12.1. The summed E-state index contributed by atoms with van der Waals surface area (Å²) in [5, 5.41) is 5.13. The molecule has 0 radical (unpaired) electrons. The van der Waals surface area contributed by atoms with Gasteiger partial charge >= 0.3 is 0 Å². The zero-order valence-electron chi connectivity index (χ0n) is 17.5. The lowest BCUT2D eigenvalue weighted by molar-refractivity contribution is -0.115. The zero-order chi connectivity index (χ0) is 23.1. The van der Waals surface area contributed by atoms with Gasteiger partial charge in [-0.1, -0.05) is 18.2 Å². The number of hydrogen-bond acceptors (Lipinski definition) is 5. The van der Waals surface area contributed by atoms with E-state index in [4.69, 9.17) is 0 Å². The van der Waals surface area contributed by atoms with Gasteiger partial charge in [-0.15, -0.1) is 11.8 Å². The largest absolute Gasteiger partial charge is 0.326 e. The van der Waals surface area contributed by atoms with E-state index in [1.807, 2.05) is 0 Å². The standard InChI is InChI=1S/C23H23N3O4S2/c1-16(23(28)25-19-10-8-18(9-11-19)24-17(2)27)31-21-14-12-20(13-15-21)26-32(29,30)22-6-4-3-5-7-22/h3-16,26H,1-2H3,(H,24,27)(H,25,28). The number of hydrogen-bond donors (Lipinski definition) is 3. The molecule has 0 spiro atoms. The summed E-state index contributed by atoms with van der Waals surface area (Å²) in [6, 6.07) is 21.8. The molecule has 3 N–H and O–H groups in total. The lowest BCUT2D eigenvalue weighted by Crippen LogP contribution is -2.22. The quantitative estimate of drug-likeness (QED) is 0.420. The topological polar surface area (TPSA) is 104 Å². The fourth-order valence-corrected chi connectivity index (χ4v) is 4.70. The number of carbonyl (C=O) groups excluding carboxylic acids is 2. The highest BCUT2D eigenvalue weighted by Gasteiger charge is 2.16. The molecule has 3 aromatic carbocycles. The molecule has 0 saturated heterocycles. The lowest BCUT2D eigenvalue weighted by Gasteiger charge is -2.13. The minimum Gasteiger partial charge on any atom is -0.326 e. The van der Waals surface area contributed by atoms with Crippen LogP contribution in [-0.2, 0) is 19.6 Å². The Morgan fingerprint density at radius 1 is 0.781 bits per heavy atom. The van der Waals surface area contributed by atoms with E-state index in [2.05, 4.69) is 15.4 Å². The maximum absolute atomic E-state index is 12.5. The molecule has 1 unspecified atom stereocenters. The lowest BCUT2D eigenvalue weighted by atomic mass is 10.2. The second-order valence-corrected chi connectivity index (χ2v) is 10.0. The van der Waals surface area contributed by atoms with E-state index in [0.29, 0.717) is 17.1 Å². The van der Waals surface area contributed by atoms with Gasteiger partial charge in [0.05, 0.1) is 10.1 Å². The maximum atomic E-state index is 12.5. The second kappa shape index (κ2) is 10.3. The minimum absolute atomic E-state index is 0.161. The molecule has 0 aliphatic heterocycles. The van der Waals surface area contributed by atoms with Crippen molar-refractivity contribution >= 4 is 50.7 Å². The van der Waals surface area contributed by atoms with Crippen LogP contribution < -0.4 is 15.4 Å².